The van der Waals surface area contributed by atoms with Crippen molar-refractivity contribution in [3.8, 4) is 16.9 Å². The minimum atomic E-state index is -1.000. The summed E-state index contributed by atoms with van der Waals surface area (Å²) >= 11 is 0. The van der Waals surface area contributed by atoms with Crippen LogP contribution in [0.5, 0.6) is 5.75 Å². The average Bonchev–Trinajstić information content (AvgIpc) is 2.46. The first-order valence-electron chi connectivity index (χ1n) is 5.78. The van der Waals surface area contributed by atoms with Gasteiger partial charge in [-0.1, -0.05) is 30.3 Å². The van der Waals surface area contributed by atoms with Gasteiger partial charge in [-0.25, -0.2) is 4.79 Å². The van der Waals surface area contributed by atoms with Crippen molar-refractivity contribution in [1.82, 2.24) is 0 Å². The smallest absolute Gasteiger partial charge is 0.336 e. The summed E-state index contributed by atoms with van der Waals surface area (Å²) in [5.74, 6) is -0.489. The molecular formula is C15H14O4. The van der Waals surface area contributed by atoms with Gasteiger partial charge in [0.1, 0.15) is 5.75 Å². The lowest BCUT2D eigenvalue weighted by Crippen LogP contribution is -2.01. The highest BCUT2D eigenvalue weighted by molar-refractivity contribution is 5.98. The van der Waals surface area contributed by atoms with E-state index in [9.17, 15) is 9.90 Å². The number of aromatic carboxylic acids is 1. The molecule has 0 atom stereocenters. The SMILES string of the molecule is COc1cccc(C(=O)O)c1-c1ccc(CO)cc1. The highest BCUT2D eigenvalue weighted by Crippen LogP contribution is 2.33. The second-order valence-electron chi connectivity index (χ2n) is 4.04. The Balaban J connectivity index is 2.61. The van der Waals surface area contributed by atoms with Crippen molar-refractivity contribution < 1.29 is 19.7 Å². The standard InChI is InChI=1S/C15H14O4/c1-19-13-4-2-3-12(15(17)18)14(13)11-7-5-10(9-16)6-8-11/h2-8,16H,9H2,1H3,(H,17,18). The summed E-state index contributed by atoms with van der Waals surface area (Å²) in [5, 5.41) is 18.3. The monoisotopic (exact) mass is 258 g/mol. The van der Waals surface area contributed by atoms with Crippen LogP contribution in [0.3, 0.4) is 0 Å². The summed E-state index contributed by atoms with van der Waals surface area (Å²) in [5.41, 5.74) is 2.25. The maximum absolute atomic E-state index is 11.3. The van der Waals surface area contributed by atoms with Crippen LogP contribution in [0, 0.1) is 0 Å². The molecule has 0 aliphatic rings. The first kappa shape index (κ1) is 13.1. The molecule has 0 unspecified atom stereocenters. The van der Waals surface area contributed by atoms with Crippen LogP contribution < -0.4 is 4.74 Å². The number of methoxy groups -OCH3 is 1. The number of rotatable bonds is 4. The molecule has 4 nitrogen and oxygen atoms in total. The van der Waals surface area contributed by atoms with Crippen LogP contribution in [-0.4, -0.2) is 23.3 Å². The molecule has 19 heavy (non-hydrogen) atoms. The Morgan fingerprint density at radius 2 is 1.84 bits per heavy atom. The molecule has 0 saturated heterocycles. The van der Waals surface area contributed by atoms with E-state index in [-0.39, 0.29) is 12.2 Å². The molecule has 0 aliphatic heterocycles. The molecule has 98 valence electrons. The van der Waals surface area contributed by atoms with Gasteiger partial charge in [0.05, 0.1) is 19.3 Å². The molecule has 0 radical (unpaired) electrons. The van der Waals surface area contributed by atoms with E-state index < -0.39 is 5.97 Å². The van der Waals surface area contributed by atoms with Gasteiger partial charge in [-0.15, -0.1) is 0 Å². The molecule has 0 saturated carbocycles. The first-order valence-corrected chi connectivity index (χ1v) is 5.78. The summed E-state index contributed by atoms with van der Waals surface area (Å²) in [4.78, 5) is 11.3. The third-order valence-corrected chi connectivity index (χ3v) is 2.90. The van der Waals surface area contributed by atoms with Gasteiger partial charge in [0.25, 0.3) is 0 Å². The van der Waals surface area contributed by atoms with E-state index in [2.05, 4.69) is 0 Å². The van der Waals surface area contributed by atoms with E-state index >= 15 is 0 Å². The number of benzene rings is 2. The number of ether oxygens (including phenoxy) is 1. The molecular weight excluding hydrogens is 244 g/mol. The molecule has 2 N–H and O–H groups in total. The Bertz CT molecular complexity index is 588. The van der Waals surface area contributed by atoms with Crippen molar-refractivity contribution in [3.05, 3.63) is 53.6 Å². The minimum Gasteiger partial charge on any atom is -0.496 e. The molecule has 0 aromatic heterocycles. The van der Waals surface area contributed by atoms with Crippen molar-refractivity contribution in [3.63, 3.8) is 0 Å². The van der Waals surface area contributed by atoms with Crippen LogP contribution in [-0.2, 0) is 6.61 Å². The van der Waals surface area contributed by atoms with Crippen molar-refractivity contribution in [2.45, 2.75) is 6.61 Å². The maximum atomic E-state index is 11.3. The van der Waals surface area contributed by atoms with Gasteiger partial charge in [-0.2, -0.15) is 0 Å². The molecule has 0 aliphatic carbocycles. The summed E-state index contributed by atoms with van der Waals surface area (Å²) in [6.07, 6.45) is 0. The van der Waals surface area contributed by atoms with E-state index in [0.29, 0.717) is 11.3 Å². The van der Waals surface area contributed by atoms with Crippen LogP contribution in [0.1, 0.15) is 15.9 Å². The van der Waals surface area contributed by atoms with Gasteiger partial charge in [-0.3, -0.25) is 0 Å². The summed E-state index contributed by atoms with van der Waals surface area (Å²) in [6, 6.07) is 12.0. The molecule has 0 spiro atoms. The molecule has 0 amide bonds. The van der Waals surface area contributed by atoms with Crippen molar-refractivity contribution in [1.29, 1.82) is 0 Å². The van der Waals surface area contributed by atoms with Gasteiger partial charge >= 0.3 is 5.97 Å². The number of aliphatic hydroxyl groups is 1. The van der Waals surface area contributed by atoms with E-state index in [1.165, 1.54) is 7.11 Å². The topological polar surface area (TPSA) is 66.8 Å². The summed E-state index contributed by atoms with van der Waals surface area (Å²) in [6.45, 7) is -0.0437. The highest BCUT2D eigenvalue weighted by Gasteiger charge is 2.16. The fourth-order valence-corrected chi connectivity index (χ4v) is 1.95. The van der Waals surface area contributed by atoms with Crippen LogP contribution in [0.2, 0.25) is 0 Å². The summed E-state index contributed by atoms with van der Waals surface area (Å²) in [7, 11) is 1.51. The zero-order valence-electron chi connectivity index (χ0n) is 10.5. The number of carboxylic acid groups (broad SMARTS) is 1. The second kappa shape index (κ2) is 5.54. The van der Waals surface area contributed by atoms with Gasteiger partial charge in [0.15, 0.2) is 0 Å². The van der Waals surface area contributed by atoms with Gasteiger partial charge in [-0.05, 0) is 23.3 Å². The fraction of sp³-hybridized carbons (Fsp3) is 0.133. The van der Waals surface area contributed by atoms with Crippen LogP contribution in [0.25, 0.3) is 11.1 Å². The zero-order valence-corrected chi connectivity index (χ0v) is 10.5. The van der Waals surface area contributed by atoms with Crippen molar-refractivity contribution >= 4 is 5.97 Å². The third-order valence-electron chi connectivity index (χ3n) is 2.90. The fourth-order valence-electron chi connectivity index (χ4n) is 1.95. The van der Waals surface area contributed by atoms with Crippen LogP contribution >= 0.6 is 0 Å². The van der Waals surface area contributed by atoms with Crippen LogP contribution in [0.15, 0.2) is 42.5 Å². The Kier molecular flexibility index (Phi) is 3.82. The van der Waals surface area contributed by atoms with Crippen molar-refractivity contribution in [2.24, 2.45) is 0 Å². The van der Waals surface area contributed by atoms with E-state index in [1.54, 1.807) is 42.5 Å². The summed E-state index contributed by atoms with van der Waals surface area (Å²) < 4.78 is 5.23. The molecule has 0 heterocycles. The minimum absolute atomic E-state index is 0.0437. The predicted molar refractivity (Wildman–Crippen MR) is 71.3 cm³/mol. The first-order chi connectivity index (χ1) is 9.17. The molecule has 2 aromatic rings. The zero-order chi connectivity index (χ0) is 13.8. The predicted octanol–water partition coefficient (Wildman–Crippen LogP) is 2.55. The van der Waals surface area contributed by atoms with E-state index in [0.717, 1.165) is 11.1 Å². The number of carbonyl (C=O) groups is 1. The van der Waals surface area contributed by atoms with E-state index in [1.807, 2.05) is 0 Å². The Morgan fingerprint density at radius 1 is 1.16 bits per heavy atom. The number of hydrogen-bond donors (Lipinski definition) is 2. The number of carboxylic acids is 1. The lowest BCUT2D eigenvalue weighted by Gasteiger charge is -2.12. The van der Waals surface area contributed by atoms with Crippen LogP contribution in [0.4, 0.5) is 0 Å². The molecule has 0 bridgehead atoms. The van der Waals surface area contributed by atoms with E-state index in [4.69, 9.17) is 9.84 Å². The average molecular weight is 258 g/mol. The molecule has 2 rings (SSSR count). The highest BCUT2D eigenvalue weighted by atomic mass is 16.5. The Labute approximate surface area is 110 Å². The number of hydrogen-bond acceptors (Lipinski definition) is 3. The lowest BCUT2D eigenvalue weighted by atomic mass is 9.97. The molecule has 4 heteroatoms. The van der Waals surface area contributed by atoms with Gasteiger partial charge in [0, 0.05) is 5.56 Å². The third kappa shape index (κ3) is 2.58. The maximum Gasteiger partial charge on any atom is 0.336 e. The quantitative estimate of drug-likeness (QED) is 0.884. The van der Waals surface area contributed by atoms with Crippen molar-refractivity contribution in [2.75, 3.05) is 7.11 Å². The van der Waals surface area contributed by atoms with Gasteiger partial charge < -0.3 is 14.9 Å². The second-order valence-corrected chi connectivity index (χ2v) is 4.04. The normalized spacial score (nSPS) is 10.2. The largest absolute Gasteiger partial charge is 0.496 e. The van der Waals surface area contributed by atoms with Gasteiger partial charge in [0.2, 0.25) is 0 Å². The molecule has 2 aromatic carbocycles. The Morgan fingerprint density at radius 3 is 2.37 bits per heavy atom. The molecule has 0 fully saturated rings. The number of aliphatic hydroxyl groups excluding tert-OH is 1. The Hall–Kier alpha value is -2.33. The lowest BCUT2D eigenvalue weighted by molar-refractivity contribution is 0.0697.